The summed E-state index contributed by atoms with van der Waals surface area (Å²) in [4.78, 5) is 0. The second-order valence-corrected chi connectivity index (χ2v) is 4.09. The highest BCUT2D eigenvalue weighted by Gasteiger charge is 2.11. The van der Waals surface area contributed by atoms with Crippen LogP contribution in [0, 0.1) is 0 Å². The smallest absolute Gasteiger partial charge is 0.0501 e. The molecule has 1 heterocycles. The van der Waals surface area contributed by atoms with Crippen LogP contribution in [0.2, 0.25) is 0 Å². The number of nitrogens with two attached hydrogens (primary N) is 1. The number of hydrogen-bond acceptors (Lipinski definition) is 1. The number of aryl methyl sites for hydroxylation is 1. The maximum absolute atomic E-state index is 5.99. The van der Waals surface area contributed by atoms with E-state index in [9.17, 15) is 0 Å². The van der Waals surface area contributed by atoms with E-state index >= 15 is 0 Å². The molecule has 0 fully saturated rings. The molecule has 0 aliphatic carbocycles. The molecule has 0 aliphatic rings. The molecule has 0 saturated carbocycles. The number of aromatic nitrogens is 1. The Kier molecular flexibility index (Phi) is 1.99. The highest BCUT2D eigenvalue weighted by molar-refractivity contribution is 5.94. The first-order chi connectivity index (χ1) is 6.61. The van der Waals surface area contributed by atoms with E-state index in [0.717, 1.165) is 5.69 Å². The molecular weight excluding hydrogens is 172 g/mol. The minimum atomic E-state index is 0.517. The van der Waals surface area contributed by atoms with Crippen LogP contribution < -0.4 is 5.73 Å². The predicted octanol–water partition coefficient (Wildman–Crippen LogP) is 2.88. The van der Waals surface area contributed by atoms with Gasteiger partial charge in [-0.3, -0.25) is 0 Å². The van der Waals surface area contributed by atoms with Gasteiger partial charge in [-0.05, 0) is 23.6 Å². The Bertz CT molecular complexity index is 466. The van der Waals surface area contributed by atoms with E-state index in [1.54, 1.807) is 0 Å². The van der Waals surface area contributed by atoms with Gasteiger partial charge in [-0.15, -0.1) is 0 Å². The van der Waals surface area contributed by atoms with E-state index in [1.165, 1.54) is 16.5 Å². The number of nitrogen functional groups attached to an aromatic ring is 1. The van der Waals surface area contributed by atoms with Crippen molar-refractivity contribution < 1.29 is 0 Å². The minimum absolute atomic E-state index is 0.517. The normalized spacial score (nSPS) is 11.4. The average Bonchev–Trinajstić information content (AvgIpc) is 2.46. The zero-order valence-corrected chi connectivity index (χ0v) is 8.91. The van der Waals surface area contributed by atoms with Crippen LogP contribution in [-0.2, 0) is 7.05 Å². The third-order valence-electron chi connectivity index (χ3n) is 2.70. The van der Waals surface area contributed by atoms with Crippen LogP contribution in [-0.4, -0.2) is 4.57 Å². The van der Waals surface area contributed by atoms with E-state index in [2.05, 4.69) is 37.7 Å². The second kappa shape index (κ2) is 3.05. The lowest BCUT2D eigenvalue weighted by atomic mass is 10.0. The summed E-state index contributed by atoms with van der Waals surface area (Å²) in [6.45, 7) is 4.39. The molecule has 1 aromatic carbocycles. The maximum Gasteiger partial charge on any atom is 0.0501 e. The molecule has 0 aliphatic heterocycles. The maximum atomic E-state index is 5.99. The lowest BCUT2D eigenvalue weighted by molar-refractivity contribution is 0.857. The Morgan fingerprint density at radius 3 is 2.64 bits per heavy atom. The van der Waals surface area contributed by atoms with Gasteiger partial charge in [-0.1, -0.05) is 19.9 Å². The fourth-order valence-electron chi connectivity index (χ4n) is 1.95. The first-order valence-corrected chi connectivity index (χ1v) is 4.94. The molecule has 2 N–H and O–H groups in total. The number of benzene rings is 1. The SMILES string of the molecule is CC(C)c1cn(C)c2cccc(N)c12. The van der Waals surface area contributed by atoms with Gasteiger partial charge >= 0.3 is 0 Å². The summed E-state index contributed by atoms with van der Waals surface area (Å²) in [6, 6.07) is 6.08. The van der Waals surface area contributed by atoms with E-state index in [0.29, 0.717) is 5.92 Å². The Labute approximate surface area is 84.3 Å². The monoisotopic (exact) mass is 188 g/mol. The third-order valence-corrected chi connectivity index (χ3v) is 2.70. The Hall–Kier alpha value is -1.44. The largest absolute Gasteiger partial charge is 0.398 e. The molecule has 0 spiro atoms. The van der Waals surface area contributed by atoms with Crippen LogP contribution in [0.1, 0.15) is 25.3 Å². The number of fused-ring (bicyclic) bond motifs is 1. The Balaban J connectivity index is 2.86. The van der Waals surface area contributed by atoms with Crippen LogP contribution in [0.5, 0.6) is 0 Å². The van der Waals surface area contributed by atoms with Crippen molar-refractivity contribution in [2.24, 2.45) is 7.05 Å². The van der Waals surface area contributed by atoms with Gasteiger partial charge in [0.05, 0.1) is 5.52 Å². The summed E-state index contributed by atoms with van der Waals surface area (Å²) in [7, 11) is 2.06. The van der Waals surface area contributed by atoms with Crippen molar-refractivity contribution in [2.75, 3.05) is 5.73 Å². The first-order valence-electron chi connectivity index (χ1n) is 4.94. The van der Waals surface area contributed by atoms with Crippen LogP contribution in [0.25, 0.3) is 10.9 Å². The summed E-state index contributed by atoms with van der Waals surface area (Å²) in [6.07, 6.45) is 2.17. The zero-order chi connectivity index (χ0) is 10.3. The van der Waals surface area contributed by atoms with Gasteiger partial charge in [0.15, 0.2) is 0 Å². The van der Waals surface area contributed by atoms with E-state index < -0.39 is 0 Å². The van der Waals surface area contributed by atoms with Gasteiger partial charge in [0.1, 0.15) is 0 Å². The topological polar surface area (TPSA) is 30.9 Å². The highest BCUT2D eigenvalue weighted by atomic mass is 14.9. The van der Waals surface area contributed by atoms with Gasteiger partial charge in [-0.25, -0.2) is 0 Å². The summed E-state index contributed by atoms with van der Waals surface area (Å²) in [5.41, 5.74) is 9.43. The van der Waals surface area contributed by atoms with Crippen molar-refractivity contribution >= 4 is 16.6 Å². The molecule has 14 heavy (non-hydrogen) atoms. The standard InChI is InChI=1S/C12H16N2/c1-8(2)9-7-14(3)11-6-4-5-10(13)12(9)11/h4-8H,13H2,1-3H3. The number of rotatable bonds is 1. The molecule has 2 aromatic rings. The molecular formula is C12H16N2. The third kappa shape index (κ3) is 1.18. The van der Waals surface area contributed by atoms with Crippen LogP contribution in [0.3, 0.4) is 0 Å². The summed E-state index contributed by atoms with van der Waals surface area (Å²) in [5, 5.41) is 1.21. The van der Waals surface area contributed by atoms with Crippen molar-refractivity contribution in [3.05, 3.63) is 30.0 Å². The Morgan fingerprint density at radius 1 is 1.29 bits per heavy atom. The van der Waals surface area contributed by atoms with Crippen LogP contribution in [0.4, 0.5) is 5.69 Å². The van der Waals surface area contributed by atoms with Crippen molar-refractivity contribution in [3.63, 3.8) is 0 Å². The molecule has 2 nitrogen and oxygen atoms in total. The van der Waals surface area contributed by atoms with Gasteiger partial charge in [0.2, 0.25) is 0 Å². The molecule has 2 heteroatoms. The Morgan fingerprint density at radius 2 is 2.00 bits per heavy atom. The van der Waals surface area contributed by atoms with Gasteiger partial charge in [0, 0.05) is 24.3 Å². The number of nitrogens with zero attached hydrogens (tertiary/aromatic N) is 1. The number of hydrogen-bond donors (Lipinski definition) is 1. The molecule has 0 saturated heterocycles. The summed E-state index contributed by atoms with van der Waals surface area (Å²) in [5.74, 6) is 0.517. The molecule has 74 valence electrons. The summed E-state index contributed by atoms with van der Waals surface area (Å²) < 4.78 is 2.14. The summed E-state index contributed by atoms with van der Waals surface area (Å²) >= 11 is 0. The van der Waals surface area contributed by atoms with E-state index in [4.69, 9.17) is 5.73 Å². The molecule has 2 rings (SSSR count). The molecule has 0 atom stereocenters. The van der Waals surface area contributed by atoms with Crippen LogP contribution >= 0.6 is 0 Å². The van der Waals surface area contributed by atoms with Gasteiger partial charge in [-0.2, -0.15) is 0 Å². The van der Waals surface area contributed by atoms with Gasteiger partial charge < -0.3 is 10.3 Å². The lowest BCUT2D eigenvalue weighted by Gasteiger charge is -2.04. The fourth-order valence-corrected chi connectivity index (χ4v) is 1.95. The van der Waals surface area contributed by atoms with E-state index in [-0.39, 0.29) is 0 Å². The van der Waals surface area contributed by atoms with E-state index in [1.807, 2.05) is 12.1 Å². The first kappa shape index (κ1) is 9.13. The molecule has 0 radical (unpaired) electrons. The van der Waals surface area contributed by atoms with Crippen molar-refractivity contribution in [3.8, 4) is 0 Å². The number of anilines is 1. The highest BCUT2D eigenvalue weighted by Crippen LogP contribution is 2.30. The lowest BCUT2D eigenvalue weighted by Crippen LogP contribution is -1.89. The molecule has 0 unspecified atom stereocenters. The second-order valence-electron chi connectivity index (χ2n) is 4.09. The van der Waals surface area contributed by atoms with Crippen LogP contribution in [0.15, 0.2) is 24.4 Å². The van der Waals surface area contributed by atoms with Gasteiger partial charge in [0.25, 0.3) is 0 Å². The van der Waals surface area contributed by atoms with Crippen molar-refractivity contribution in [1.82, 2.24) is 4.57 Å². The average molecular weight is 188 g/mol. The molecule has 1 aromatic heterocycles. The van der Waals surface area contributed by atoms with Crippen molar-refractivity contribution in [1.29, 1.82) is 0 Å². The zero-order valence-electron chi connectivity index (χ0n) is 8.91. The fraction of sp³-hybridized carbons (Fsp3) is 0.333. The quantitative estimate of drug-likeness (QED) is 0.685. The predicted molar refractivity (Wildman–Crippen MR) is 61.4 cm³/mol. The molecule has 0 amide bonds. The minimum Gasteiger partial charge on any atom is -0.398 e. The van der Waals surface area contributed by atoms with Crippen molar-refractivity contribution in [2.45, 2.75) is 19.8 Å². The molecule has 0 bridgehead atoms.